The number of morpholine rings is 1. The Morgan fingerprint density at radius 1 is 1.08 bits per heavy atom. The number of H-pyrrole nitrogens is 1. The van der Waals surface area contributed by atoms with E-state index in [-0.39, 0.29) is 11.8 Å². The molecule has 0 aliphatic carbocycles. The predicted octanol–water partition coefficient (Wildman–Crippen LogP) is 4.20. The number of hydrogen-bond donors (Lipinski definition) is 1. The summed E-state index contributed by atoms with van der Waals surface area (Å²) >= 11 is 6.50. The lowest BCUT2D eigenvalue weighted by atomic mass is 9.87. The van der Waals surface area contributed by atoms with Crippen LogP contribution in [0.5, 0.6) is 0 Å². The summed E-state index contributed by atoms with van der Waals surface area (Å²) in [4.78, 5) is 18.2. The molecule has 3 aromatic rings. The number of rotatable bonds is 4. The third kappa shape index (κ3) is 3.35. The smallest absolute Gasteiger partial charge is 0.223 e. The quantitative estimate of drug-likeness (QED) is 0.750. The van der Waals surface area contributed by atoms with Gasteiger partial charge in [0.05, 0.1) is 13.2 Å². The maximum Gasteiger partial charge on any atom is 0.223 e. The number of nitrogens with zero attached hydrogens (tertiary/aromatic N) is 1. The van der Waals surface area contributed by atoms with Gasteiger partial charge in [0.15, 0.2) is 0 Å². The minimum Gasteiger partial charge on any atom is -0.378 e. The number of hydrogen-bond acceptors (Lipinski definition) is 2. The Morgan fingerprint density at radius 3 is 2.62 bits per heavy atom. The van der Waals surface area contributed by atoms with E-state index >= 15 is 0 Å². The molecule has 1 unspecified atom stereocenters. The Labute approximate surface area is 157 Å². The summed E-state index contributed by atoms with van der Waals surface area (Å²) in [5, 5.41) is 1.82. The number of carbonyl (C=O) groups excluding carboxylic acids is 1. The SMILES string of the molecule is O=C(CC(c1ccccc1Cl)c1c[nH]c2ccccc12)N1CCOCC1. The molecule has 1 saturated heterocycles. The van der Waals surface area contributed by atoms with Crippen LogP contribution in [0.25, 0.3) is 10.9 Å². The number of aromatic amines is 1. The lowest BCUT2D eigenvalue weighted by Crippen LogP contribution is -2.41. The molecule has 4 rings (SSSR count). The third-order valence-electron chi connectivity index (χ3n) is 5.02. The van der Waals surface area contributed by atoms with E-state index in [2.05, 4.69) is 11.1 Å². The highest BCUT2D eigenvalue weighted by Gasteiger charge is 2.26. The first-order chi connectivity index (χ1) is 12.7. The highest BCUT2D eigenvalue weighted by atomic mass is 35.5. The van der Waals surface area contributed by atoms with Crippen molar-refractivity contribution in [3.63, 3.8) is 0 Å². The summed E-state index contributed by atoms with van der Waals surface area (Å²) in [6.45, 7) is 2.52. The lowest BCUT2D eigenvalue weighted by molar-refractivity contribution is -0.135. The second-order valence-corrected chi connectivity index (χ2v) is 6.97. The van der Waals surface area contributed by atoms with Gasteiger partial charge in [0.2, 0.25) is 5.91 Å². The standard InChI is InChI=1S/C21H21ClN2O2/c22-19-7-3-1-5-15(19)17(13-21(25)24-9-11-26-12-10-24)18-14-23-20-8-4-2-6-16(18)20/h1-8,14,17,23H,9-13H2. The summed E-state index contributed by atoms with van der Waals surface area (Å²) in [6, 6.07) is 16.0. The molecular weight excluding hydrogens is 348 g/mol. The van der Waals surface area contributed by atoms with Gasteiger partial charge in [0.1, 0.15) is 0 Å². The second kappa shape index (κ2) is 7.52. The minimum absolute atomic E-state index is 0.0878. The van der Waals surface area contributed by atoms with Crippen LogP contribution < -0.4 is 0 Å². The molecule has 4 nitrogen and oxygen atoms in total. The van der Waals surface area contributed by atoms with Crippen LogP contribution >= 0.6 is 11.6 Å². The van der Waals surface area contributed by atoms with Gasteiger partial charge in [0.25, 0.3) is 0 Å². The summed E-state index contributed by atoms with van der Waals surface area (Å²) in [5.74, 6) is 0.0543. The Balaban J connectivity index is 1.72. The monoisotopic (exact) mass is 368 g/mol. The molecule has 0 bridgehead atoms. The molecule has 1 N–H and O–H groups in total. The van der Waals surface area contributed by atoms with E-state index in [1.54, 1.807) is 0 Å². The molecule has 1 atom stereocenters. The van der Waals surface area contributed by atoms with Crippen molar-refractivity contribution in [1.82, 2.24) is 9.88 Å². The van der Waals surface area contributed by atoms with Gasteiger partial charge in [-0.1, -0.05) is 48.0 Å². The van der Waals surface area contributed by atoms with Crippen LogP contribution in [0.3, 0.4) is 0 Å². The van der Waals surface area contributed by atoms with Crippen molar-refractivity contribution in [1.29, 1.82) is 0 Å². The fourth-order valence-electron chi connectivity index (χ4n) is 3.64. The van der Waals surface area contributed by atoms with Gasteiger partial charge < -0.3 is 14.6 Å². The Hall–Kier alpha value is -2.30. The van der Waals surface area contributed by atoms with E-state index in [1.165, 1.54) is 0 Å². The largest absolute Gasteiger partial charge is 0.378 e. The van der Waals surface area contributed by atoms with Crippen LogP contribution in [-0.4, -0.2) is 42.1 Å². The third-order valence-corrected chi connectivity index (χ3v) is 5.36. The molecule has 5 heteroatoms. The molecule has 26 heavy (non-hydrogen) atoms. The van der Waals surface area contributed by atoms with Gasteiger partial charge in [-0.3, -0.25) is 4.79 Å². The van der Waals surface area contributed by atoms with Crippen molar-refractivity contribution in [3.8, 4) is 0 Å². The lowest BCUT2D eigenvalue weighted by Gasteiger charge is -2.29. The molecule has 134 valence electrons. The number of aromatic nitrogens is 1. The van der Waals surface area contributed by atoms with E-state index in [1.807, 2.05) is 53.6 Å². The zero-order valence-electron chi connectivity index (χ0n) is 14.5. The Bertz CT molecular complexity index is 915. The van der Waals surface area contributed by atoms with Crippen LogP contribution in [-0.2, 0) is 9.53 Å². The maximum atomic E-state index is 12.9. The Kier molecular flexibility index (Phi) is 4.96. The number of fused-ring (bicyclic) bond motifs is 1. The predicted molar refractivity (Wildman–Crippen MR) is 104 cm³/mol. The van der Waals surface area contributed by atoms with Crippen LogP contribution in [0.15, 0.2) is 54.7 Å². The van der Waals surface area contributed by atoms with Crippen molar-refractivity contribution in [2.24, 2.45) is 0 Å². The first-order valence-electron chi connectivity index (χ1n) is 8.90. The van der Waals surface area contributed by atoms with E-state index in [0.717, 1.165) is 22.0 Å². The normalized spacial score (nSPS) is 16.0. The molecule has 1 aromatic heterocycles. The number of para-hydroxylation sites is 1. The molecule has 2 aromatic carbocycles. The van der Waals surface area contributed by atoms with Gasteiger partial charge in [0, 0.05) is 47.6 Å². The summed E-state index contributed by atoms with van der Waals surface area (Å²) in [7, 11) is 0. The van der Waals surface area contributed by atoms with Crippen molar-refractivity contribution < 1.29 is 9.53 Å². The molecule has 0 saturated carbocycles. The summed E-state index contributed by atoms with van der Waals surface area (Å²) in [6.07, 6.45) is 2.40. The van der Waals surface area contributed by atoms with Crippen LogP contribution in [0.1, 0.15) is 23.5 Å². The highest BCUT2D eigenvalue weighted by Crippen LogP contribution is 2.37. The molecule has 1 aliphatic heterocycles. The van der Waals surface area contributed by atoms with E-state index < -0.39 is 0 Å². The van der Waals surface area contributed by atoms with Gasteiger partial charge >= 0.3 is 0 Å². The number of carbonyl (C=O) groups is 1. The van der Waals surface area contributed by atoms with Crippen LogP contribution in [0.2, 0.25) is 5.02 Å². The minimum atomic E-state index is -0.0878. The van der Waals surface area contributed by atoms with Crippen LogP contribution in [0, 0.1) is 0 Å². The zero-order chi connectivity index (χ0) is 17.9. The van der Waals surface area contributed by atoms with Crippen LogP contribution in [0.4, 0.5) is 0 Å². The molecule has 0 radical (unpaired) electrons. The van der Waals surface area contributed by atoms with E-state index in [9.17, 15) is 4.79 Å². The first-order valence-corrected chi connectivity index (χ1v) is 9.28. The molecule has 0 spiro atoms. The van der Waals surface area contributed by atoms with E-state index in [4.69, 9.17) is 16.3 Å². The first kappa shape index (κ1) is 17.1. The van der Waals surface area contributed by atoms with Gasteiger partial charge in [-0.05, 0) is 23.3 Å². The molecular formula is C21H21ClN2O2. The average Bonchev–Trinajstić information content (AvgIpc) is 3.11. The number of ether oxygens (including phenoxy) is 1. The molecule has 1 aliphatic rings. The molecule has 2 heterocycles. The van der Waals surface area contributed by atoms with Crippen molar-refractivity contribution in [2.75, 3.05) is 26.3 Å². The fourth-order valence-corrected chi connectivity index (χ4v) is 3.91. The summed E-state index contributed by atoms with van der Waals surface area (Å²) < 4.78 is 5.37. The number of amides is 1. The van der Waals surface area contributed by atoms with Crippen molar-refractivity contribution in [3.05, 3.63) is 70.9 Å². The highest BCUT2D eigenvalue weighted by molar-refractivity contribution is 6.31. The van der Waals surface area contributed by atoms with Crippen molar-refractivity contribution >= 4 is 28.4 Å². The van der Waals surface area contributed by atoms with Gasteiger partial charge in [-0.2, -0.15) is 0 Å². The maximum absolute atomic E-state index is 12.9. The molecule has 1 amide bonds. The average molecular weight is 369 g/mol. The van der Waals surface area contributed by atoms with Crippen molar-refractivity contribution in [2.45, 2.75) is 12.3 Å². The van der Waals surface area contributed by atoms with E-state index in [0.29, 0.717) is 37.7 Å². The van der Waals surface area contributed by atoms with Gasteiger partial charge in [-0.15, -0.1) is 0 Å². The molecule has 1 fully saturated rings. The number of benzene rings is 2. The second-order valence-electron chi connectivity index (χ2n) is 6.56. The topological polar surface area (TPSA) is 45.3 Å². The Morgan fingerprint density at radius 2 is 1.81 bits per heavy atom. The number of nitrogens with one attached hydrogen (secondary N) is 1. The van der Waals surface area contributed by atoms with Gasteiger partial charge in [-0.25, -0.2) is 0 Å². The number of halogens is 1. The fraction of sp³-hybridized carbons (Fsp3) is 0.286. The summed E-state index contributed by atoms with van der Waals surface area (Å²) in [5.41, 5.74) is 3.16. The zero-order valence-corrected chi connectivity index (χ0v) is 15.2.